The Balaban J connectivity index is 2.10. The number of halogens is 3. The second kappa shape index (κ2) is 8.50. The van der Waals surface area contributed by atoms with E-state index in [0.29, 0.717) is 12.0 Å². The number of nitrogens with zero attached hydrogens (tertiary/aromatic N) is 1. The Hall–Kier alpha value is -2.13. The fourth-order valence-electron chi connectivity index (χ4n) is 2.77. The van der Waals surface area contributed by atoms with Crippen molar-refractivity contribution in [1.82, 2.24) is 20.9 Å². The molecule has 0 radical (unpaired) electrons. The van der Waals surface area contributed by atoms with Gasteiger partial charge in [-0.1, -0.05) is 19.1 Å². The molecule has 144 valence electrons. The third kappa shape index (κ3) is 4.73. The average molecular weight is 372 g/mol. The molecule has 1 aromatic carbocycles. The predicted molar refractivity (Wildman–Crippen MR) is 89.7 cm³/mol. The van der Waals surface area contributed by atoms with E-state index in [4.69, 9.17) is 0 Å². The summed E-state index contributed by atoms with van der Waals surface area (Å²) >= 11 is 0. The van der Waals surface area contributed by atoms with Gasteiger partial charge in [-0.15, -0.1) is 0 Å². The molecule has 6 nitrogen and oxygen atoms in total. The molecule has 1 aromatic rings. The van der Waals surface area contributed by atoms with E-state index < -0.39 is 42.1 Å². The van der Waals surface area contributed by atoms with E-state index in [2.05, 4.69) is 16.0 Å². The van der Waals surface area contributed by atoms with Gasteiger partial charge >= 0.3 is 0 Å². The van der Waals surface area contributed by atoms with Crippen molar-refractivity contribution in [3.05, 3.63) is 35.1 Å². The number of amides is 2. The monoisotopic (exact) mass is 372 g/mol. The van der Waals surface area contributed by atoms with Crippen molar-refractivity contribution in [2.24, 2.45) is 0 Å². The maximum Gasteiger partial charge on any atom is 0.266 e. The highest BCUT2D eigenvalue weighted by Gasteiger charge is 2.32. The summed E-state index contributed by atoms with van der Waals surface area (Å²) in [7, 11) is 3.50. The van der Waals surface area contributed by atoms with Gasteiger partial charge in [-0.05, 0) is 32.1 Å². The molecule has 2 amide bonds. The van der Waals surface area contributed by atoms with Crippen molar-refractivity contribution in [2.45, 2.75) is 44.6 Å². The summed E-state index contributed by atoms with van der Waals surface area (Å²) in [4.78, 5) is 26.0. The molecule has 1 aliphatic rings. The van der Waals surface area contributed by atoms with Crippen LogP contribution in [0.25, 0.3) is 0 Å². The van der Waals surface area contributed by atoms with Crippen LogP contribution in [0, 0.1) is 5.82 Å². The van der Waals surface area contributed by atoms with Crippen molar-refractivity contribution >= 4 is 11.8 Å². The minimum absolute atomic E-state index is 0.0225. The largest absolute Gasteiger partial charge is 0.348 e. The number of carbonyl (C=O) groups is 2. The van der Waals surface area contributed by atoms with Gasteiger partial charge in [0.1, 0.15) is 12.1 Å². The Morgan fingerprint density at radius 1 is 1.38 bits per heavy atom. The summed E-state index contributed by atoms with van der Waals surface area (Å²) in [6.45, 7) is 1.79. The molecule has 26 heavy (non-hydrogen) atoms. The number of hydrogen-bond acceptors (Lipinski definition) is 4. The molecule has 3 atom stereocenters. The molecule has 2 rings (SSSR count). The Morgan fingerprint density at radius 2 is 2.08 bits per heavy atom. The van der Waals surface area contributed by atoms with Crippen LogP contribution < -0.4 is 16.0 Å². The van der Waals surface area contributed by atoms with Crippen molar-refractivity contribution in [3.8, 4) is 0 Å². The second-order valence-corrected chi connectivity index (χ2v) is 6.41. The third-order valence-corrected chi connectivity index (χ3v) is 4.27. The molecule has 1 heterocycles. The summed E-state index contributed by atoms with van der Waals surface area (Å²) < 4.78 is 39.2. The highest BCUT2D eigenvalue weighted by atomic mass is 19.3. The van der Waals surface area contributed by atoms with E-state index in [1.807, 2.05) is 0 Å². The van der Waals surface area contributed by atoms with Gasteiger partial charge in [-0.2, -0.15) is 0 Å². The van der Waals surface area contributed by atoms with E-state index in [1.165, 1.54) is 6.07 Å². The van der Waals surface area contributed by atoms with Crippen molar-refractivity contribution in [3.63, 3.8) is 0 Å². The zero-order chi connectivity index (χ0) is 19.4. The summed E-state index contributed by atoms with van der Waals surface area (Å²) in [5.74, 6) is -1.67. The summed E-state index contributed by atoms with van der Waals surface area (Å²) in [5.41, 5.74) is -0.276. The molecule has 1 fully saturated rings. The van der Waals surface area contributed by atoms with E-state index in [1.54, 1.807) is 25.9 Å². The molecule has 0 aromatic heterocycles. The molecule has 1 saturated heterocycles. The minimum Gasteiger partial charge on any atom is -0.348 e. The van der Waals surface area contributed by atoms with Crippen LogP contribution in [0.4, 0.5) is 13.2 Å². The van der Waals surface area contributed by atoms with Crippen LogP contribution >= 0.6 is 0 Å². The van der Waals surface area contributed by atoms with Crippen LogP contribution in [-0.2, 0) is 9.59 Å². The molecule has 9 heteroatoms. The number of benzene rings is 1. The predicted octanol–water partition coefficient (Wildman–Crippen LogP) is 1.65. The smallest absolute Gasteiger partial charge is 0.266 e. The van der Waals surface area contributed by atoms with Gasteiger partial charge in [0.05, 0.1) is 24.1 Å². The molecule has 1 aliphatic heterocycles. The molecule has 0 saturated carbocycles. The molecule has 0 bridgehead atoms. The van der Waals surface area contributed by atoms with Gasteiger partial charge in [-0.25, -0.2) is 13.2 Å². The van der Waals surface area contributed by atoms with E-state index in [0.717, 1.165) is 12.1 Å². The lowest BCUT2D eigenvalue weighted by Crippen LogP contribution is -2.65. The highest BCUT2D eigenvalue weighted by Crippen LogP contribution is 2.26. The number of hydrogen-bond donors (Lipinski definition) is 3. The number of nitrogens with one attached hydrogen (secondary N) is 3. The molecule has 2 unspecified atom stereocenters. The lowest BCUT2D eigenvalue weighted by molar-refractivity contribution is -0.134. The third-order valence-electron chi connectivity index (χ3n) is 4.27. The zero-order valence-electron chi connectivity index (χ0n) is 14.9. The standard InChI is InChI=1S/C17H23F3N4O2/c1-4-12(9-5-6-10(15(19)20)11(18)7-9)21-16(26)13-8-14(25)23-17(22-13)24(2)3/h5-7,12-13,15,17,22H,4,8H2,1-3H3,(H,21,26)(H,23,25)/t12-,13?,17?/m1/s1. The van der Waals surface area contributed by atoms with Gasteiger partial charge < -0.3 is 10.6 Å². The number of carbonyl (C=O) groups excluding carboxylic acids is 2. The maximum atomic E-state index is 13.8. The SMILES string of the molecule is CC[C@@H](NC(=O)C1CC(=O)NC(N(C)C)N1)c1ccc(C(F)F)c(F)c1. The second-order valence-electron chi connectivity index (χ2n) is 6.41. The summed E-state index contributed by atoms with van der Waals surface area (Å²) in [6, 6.07) is 2.13. The van der Waals surface area contributed by atoms with E-state index in [-0.39, 0.29) is 12.3 Å². The van der Waals surface area contributed by atoms with E-state index in [9.17, 15) is 22.8 Å². The van der Waals surface area contributed by atoms with Gasteiger partial charge in [0, 0.05) is 0 Å². The van der Waals surface area contributed by atoms with Crippen molar-refractivity contribution < 1.29 is 22.8 Å². The Bertz CT molecular complexity index is 669. The average Bonchev–Trinajstić information content (AvgIpc) is 2.58. The molecule has 0 spiro atoms. The van der Waals surface area contributed by atoms with E-state index >= 15 is 0 Å². The van der Waals surface area contributed by atoms with Gasteiger partial charge in [0.25, 0.3) is 6.43 Å². The lowest BCUT2D eigenvalue weighted by atomic mass is 10.0. The maximum absolute atomic E-state index is 13.8. The van der Waals surface area contributed by atoms with Crippen LogP contribution in [0.15, 0.2) is 18.2 Å². The lowest BCUT2D eigenvalue weighted by Gasteiger charge is -2.35. The van der Waals surface area contributed by atoms with Crippen LogP contribution in [0.3, 0.4) is 0 Å². The topological polar surface area (TPSA) is 73.5 Å². The normalized spacial score (nSPS) is 21.6. The first-order chi connectivity index (χ1) is 12.2. The Kier molecular flexibility index (Phi) is 6.60. The first-order valence-electron chi connectivity index (χ1n) is 8.32. The Labute approximate surface area is 150 Å². The fourth-order valence-corrected chi connectivity index (χ4v) is 2.77. The zero-order valence-corrected chi connectivity index (χ0v) is 14.9. The highest BCUT2D eigenvalue weighted by molar-refractivity contribution is 5.89. The quantitative estimate of drug-likeness (QED) is 0.710. The number of rotatable bonds is 6. The summed E-state index contributed by atoms with van der Waals surface area (Å²) in [5, 5.41) is 8.46. The molecular formula is C17H23F3N4O2. The molecule has 3 N–H and O–H groups in total. The first-order valence-corrected chi connectivity index (χ1v) is 8.32. The van der Waals surface area contributed by atoms with Crippen LogP contribution in [0.5, 0.6) is 0 Å². The van der Waals surface area contributed by atoms with Crippen molar-refractivity contribution in [2.75, 3.05) is 14.1 Å². The minimum atomic E-state index is -2.90. The van der Waals surface area contributed by atoms with Gasteiger partial charge in [0.2, 0.25) is 11.8 Å². The first kappa shape index (κ1) is 20.2. The summed E-state index contributed by atoms with van der Waals surface area (Å²) in [6.07, 6.45) is -2.96. The molecule has 0 aliphatic carbocycles. The van der Waals surface area contributed by atoms with Crippen molar-refractivity contribution in [1.29, 1.82) is 0 Å². The fraction of sp³-hybridized carbons (Fsp3) is 0.529. The number of alkyl halides is 2. The van der Waals surface area contributed by atoms with Gasteiger partial charge in [-0.3, -0.25) is 19.8 Å². The molecular weight excluding hydrogens is 349 g/mol. The van der Waals surface area contributed by atoms with Crippen LogP contribution in [-0.4, -0.2) is 43.1 Å². The van der Waals surface area contributed by atoms with Crippen LogP contribution in [0.1, 0.15) is 43.4 Å². The van der Waals surface area contributed by atoms with Crippen LogP contribution in [0.2, 0.25) is 0 Å². The van der Waals surface area contributed by atoms with Gasteiger partial charge in [0.15, 0.2) is 0 Å². The Morgan fingerprint density at radius 3 is 2.62 bits per heavy atom.